The van der Waals surface area contributed by atoms with E-state index in [1.165, 1.54) is 69.0 Å². The highest BCUT2D eigenvalue weighted by molar-refractivity contribution is 5.74. The first-order chi connectivity index (χ1) is 15.2. The summed E-state index contributed by atoms with van der Waals surface area (Å²) in [4.78, 5) is 9.41. The van der Waals surface area contributed by atoms with Gasteiger partial charge in [-0.15, -0.1) is 0 Å². The zero-order valence-electron chi connectivity index (χ0n) is 21.6. The lowest BCUT2D eigenvalue weighted by molar-refractivity contribution is -0.0393. The Morgan fingerprint density at radius 3 is 2.62 bits per heavy atom. The Morgan fingerprint density at radius 2 is 1.84 bits per heavy atom. The van der Waals surface area contributed by atoms with Gasteiger partial charge in [-0.2, -0.15) is 0 Å². The molecular formula is C30H46N2. The summed E-state index contributed by atoms with van der Waals surface area (Å²) >= 11 is 0. The molecule has 4 aliphatic carbocycles. The minimum atomic E-state index is 0.330. The molecule has 0 aromatic carbocycles. The number of nitrogens with zero attached hydrogens (tertiary/aromatic N) is 2. The van der Waals surface area contributed by atoms with E-state index in [9.17, 15) is 0 Å². The molecule has 1 heterocycles. The lowest BCUT2D eigenvalue weighted by Gasteiger charge is -2.58. The van der Waals surface area contributed by atoms with Crippen LogP contribution in [0, 0.1) is 53.3 Å². The molecule has 2 saturated carbocycles. The molecule has 0 spiro atoms. The van der Waals surface area contributed by atoms with Crippen LogP contribution in [0.2, 0.25) is 0 Å². The van der Waals surface area contributed by atoms with Crippen molar-refractivity contribution < 1.29 is 0 Å². The van der Waals surface area contributed by atoms with Crippen molar-refractivity contribution >= 4 is 5.57 Å². The molecule has 0 radical (unpaired) electrons. The fourth-order valence-electron chi connectivity index (χ4n) is 9.17. The molecule has 5 rings (SSSR count). The molecular weight excluding hydrogens is 388 g/mol. The number of hydrogen-bond donors (Lipinski definition) is 0. The monoisotopic (exact) mass is 434 g/mol. The largest absolute Gasteiger partial charge is 0.241 e. The van der Waals surface area contributed by atoms with E-state index >= 15 is 0 Å². The van der Waals surface area contributed by atoms with Gasteiger partial charge in [-0.1, -0.05) is 60.0 Å². The average molecular weight is 435 g/mol. The highest BCUT2D eigenvalue weighted by Crippen LogP contribution is 2.68. The Balaban J connectivity index is 1.38. The Labute approximate surface area is 197 Å². The summed E-state index contributed by atoms with van der Waals surface area (Å²) < 4.78 is 0. The van der Waals surface area contributed by atoms with Crippen molar-refractivity contribution in [3.05, 3.63) is 29.4 Å². The average Bonchev–Trinajstić information content (AvgIpc) is 3.10. The van der Waals surface area contributed by atoms with E-state index in [2.05, 4.69) is 51.9 Å². The van der Waals surface area contributed by atoms with Gasteiger partial charge in [0.25, 0.3) is 0 Å². The molecule has 0 bridgehead atoms. The van der Waals surface area contributed by atoms with Gasteiger partial charge in [0.05, 0.1) is 5.69 Å². The number of allylic oxidation sites excluding steroid dienone is 2. The van der Waals surface area contributed by atoms with Crippen LogP contribution in [0.1, 0.15) is 109 Å². The summed E-state index contributed by atoms with van der Waals surface area (Å²) in [6, 6.07) is 0. The molecule has 0 aliphatic heterocycles. The van der Waals surface area contributed by atoms with Crippen LogP contribution >= 0.6 is 0 Å². The Morgan fingerprint density at radius 1 is 1.03 bits per heavy atom. The zero-order valence-corrected chi connectivity index (χ0v) is 21.6. The summed E-state index contributed by atoms with van der Waals surface area (Å²) in [6.07, 6.45) is 18.6. The van der Waals surface area contributed by atoms with Crippen molar-refractivity contribution in [2.24, 2.45) is 46.3 Å². The second-order valence-corrected chi connectivity index (χ2v) is 13.0. The normalized spacial score (nSPS) is 39.0. The van der Waals surface area contributed by atoms with E-state index in [0.717, 1.165) is 47.8 Å². The first kappa shape index (κ1) is 22.6. The van der Waals surface area contributed by atoms with Gasteiger partial charge in [0.1, 0.15) is 5.82 Å². The third-order valence-electron chi connectivity index (χ3n) is 10.8. The molecule has 4 unspecified atom stereocenters. The second kappa shape index (κ2) is 8.24. The third-order valence-corrected chi connectivity index (χ3v) is 10.8. The smallest absolute Gasteiger partial charge is 0.125 e. The van der Waals surface area contributed by atoms with Crippen LogP contribution in [0.3, 0.4) is 0 Å². The predicted octanol–water partition coefficient (Wildman–Crippen LogP) is 8.05. The van der Waals surface area contributed by atoms with Crippen LogP contribution in [0.15, 0.2) is 12.3 Å². The Bertz CT molecular complexity index is 885. The molecule has 2 heteroatoms. The first-order valence-corrected chi connectivity index (χ1v) is 13.8. The quantitative estimate of drug-likeness (QED) is 0.468. The van der Waals surface area contributed by atoms with E-state index in [-0.39, 0.29) is 0 Å². The third kappa shape index (κ3) is 3.50. The van der Waals surface area contributed by atoms with Crippen LogP contribution in [-0.2, 0) is 6.42 Å². The van der Waals surface area contributed by atoms with E-state index in [1.54, 1.807) is 5.57 Å². The van der Waals surface area contributed by atoms with Gasteiger partial charge in [0.15, 0.2) is 0 Å². The van der Waals surface area contributed by atoms with Gasteiger partial charge >= 0.3 is 0 Å². The molecule has 0 N–H and O–H groups in total. The van der Waals surface area contributed by atoms with E-state index in [0.29, 0.717) is 10.8 Å². The molecule has 2 fully saturated rings. The molecule has 1 aromatic heterocycles. The Kier molecular flexibility index (Phi) is 5.82. The number of hydrogen-bond acceptors (Lipinski definition) is 2. The van der Waals surface area contributed by atoms with Crippen molar-refractivity contribution in [1.29, 1.82) is 0 Å². The highest BCUT2D eigenvalue weighted by Gasteiger charge is 2.59. The van der Waals surface area contributed by atoms with E-state index < -0.39 is 0 Å². The van der Waals surface area contributed by atoms with E-state index in [1.807, 2.05) is 6.92 Å². The van der Waals surface area contributed by atoms with Crippen LogP contribution in [0.25, 0.3) is 5.57 Å². The standard InChI is InChI=1S/C30H46N2/c1-19(2)8-7-9-20(3)24-12-13-25-22-10-11-26-23-18-31-21(4)32-28(23)15-17-30(26,6)27(22)14-16-29(24,25)5/h11,18-20,22,24-25,27H,7-10,12-17H2,1-6H3/t20?,22?,24-,25?,27?,29-,30+/m1/s1. The fraction of sp³-hybridized carbons (Fsp3) is 0.800. The predicted molar refractivity (Wildman–Crippen MR) is 134 cm³/mol. The van der Waals surface area contributed by atoms with Crippen LogP contribution in [0.4, 0.5) is 0 Å². The van der Waals surface area contributed by atoms with Gasteiger partial charge in [-0.3, -0.25) is 0 Å². The van der Waals surface area contributed by atoms with Crippen molar-refractivity contribution in [3.8, 4) is 0 Å². The number of fused-ring (bicyclic) bond motifs is 7. The topological polar surface area (TPSA) is 25.8 Å². The van der Waals surface area contributed by atoms with Gasteiger partial charge in [-0.25, -0.2) is 9.97 Å². The molecule has 176 valence electrons. The molecule has 7 atom stereocenters. The maximum Gasteiger partial charge on any atom is 0.125 e. The molecule has 2 nitrogen and oxygen atoms in total. The summed E-state index contributed by atoms with van der Waals surface area (Å²) in [5, 5.41) is 0. The van der Waals surface area contributed by atoms with Gasteiger partial charge in [0.2, 0.25) is 0 Å². The van der Waals surface area contributed by atoms with E-state index in [4.69, 9.17) is 4.98 Å². The number of aryl methyl sites for hydroxylation is 2. The van der Waals surface area contributed by atoms with Crippen LogP contribution in [0.5, 0.6) is 0 Å². The lowest BCUT2D eigenvalue weighted by atomic mass is 9.47. The maximum atomic E-state index is 4.82. The summed E-state index contributed by atoms with van der Waals surface area (Å²) in [5.41, 5.74) is 5.18. The Hall–Kier alpha value is -1.18. The SMILES string of the molecule is Cc1ncc2c(n1)CC[C@@]1(C)C2=CCC2C1CC[C@@]1(C)C2CC[C@@H]1C(C)CCCC(C)C. The minimum Gasteiger partial charge on any atom is -0.241 e. The molecule has 1 aromatic rings. The maximum absolute atomic E-state index is 4.82. The highest BCUT2D eigenvalue weighted by atomic mass is 14.9. The van der Waals surface area contributed by atoms with Crippen molar-refractivity contribution in [1.82, 2.24) is 9.97 Å². The molecule has 0 amide bonds. The van der Waals surface area contributed by atoms with Crippen molar-refractivity contribution in [2.45, 2.75) is 106 Å². The van der Waals surface area contributed by atoms with Gasteiger partial charge < -0.3 is 0 Å². The molecule has 4 aliphatic rings. The van der Waals surface area contributed by atoms with Crippen LogP contribution < -0.4 is 0 Å². The second-order valence-electron chi connectivity index (χ2n) is 13.0. The van der Waals surface area contributed by atoms with Gasteiger partial charge in [0, 0.05) is 11.8 Å². The van der Waals surface area contributed by atoms with Crippen molar-refractivity contribution in [2.75, 3.05) is 0 Å². The zero-order chi connectivity index (χ0) is 22.7. The van der Waals surface area contributed by atoms with Gasteiger partial charge in [-0.05, 0) is 104 Å². The molecule has 0 saturated heterocycles. The number of aromatic nitrogens is 2. The molecule has 32 heavy (non-hydrogen) atoms. The first-order valence-electron chi connectivity index (χ1n) is 13.8. The minimum absolute atomic E-state index is 0.330. The number of rotatable bonds is 5. The lowest BCUT2D eigenvalue weighted by Crippen LogP contribution is -2.50. The summed E-state index contributed by atoms with van der Waals surface area (Å²) in [7, 11) is 0. The summed E-state index contributed by atoms with van der Waals surface area (Å²) in [6.45, 7) is 14.7. The summed E-state index contributed by atoms with van der Waals surface area (Å²) in [5.74, 6) is 6.30. The van der Waals surface area contributed by atoms with Crippen LogP contribution in [-0.4, -0.2) is 9.97 Å². The van der Waals surface area contributed by atoms with Crippen molar-refractivity contribution in [3.63, 3.8) is 0 Å². The fourth-order valence-corrected chi connectivity index (χ4v) is 9.17.